The van der Waals surface area contributed by atoms with Crippen molar-refractivity contribution in [2.75, 3.05) is 44.2 Å². The van der Waals surface area contributed by atoms with E-state index < -0.39 is 11.2 Å². The lowest BCUT2D eigenvalue weighted by Crippen LogP contribution is -2.45. The van der Waals surface area contributed by atoms with Gasteiger partial charge < -0.3 is 14.7 Å². The Hall–Kier alpha value is -2.17. The number of halogens is 3. The van der Waals surface area contributed by atoms with Crippen molar-refractivity contribution in [3.05, 3.63) is 17.7 Å². The first-order valence-corrected chi connectivity index (χ1v) is 9.97. The summed E-state index contributed by atoms with van der Waals surface area (Å²) in [7, 11) is 0. The van der Waals surface area contributed by atoms with Gasteiger partial charge in [0.2, 0.25) is 22.0 Å². The minimum absolute atomic E-state index is 0.0563. The summed E-state index contributed by atoms with van der Waals surface area (Å²) in [6, 6.07) is 0. The zero-order valence-electron chi connectivity index (χ0n) is 15.3. The van der Waals surface area contributed by atoms with E-state index in [1.165, 1.54) is 6.08 Å². The summed E-state index contributed by atoms with van der Waals surface area (Å²) in [6.45, 7) is 6.50. The predicted octanol–water partition coefficient (Wildman–Crippen LogP) is 2.02. The van der Waals surface area contributed by atoms with Crippen LogP contribution in [0.2, 0.25) is 0 Å². The molecule has 2 aliphatic rings. The van der Waals surface area contributed by atoms with Crippen LogP contribution in [-0.2, 0) is 15.8 Å². The lowest BCUT2D eigenvalue weighted by atomic mass is 9.95. The number of aromatic nitrogens is 2. The Morgan fingerprint density at radius 3 is 2.36 bits per heavy atom. The monoisotopic (exact) mass is 417 g/mol. The molecule has 1 aromatic heterocycles. The largest absolute Gasteiger partial charge is 0.445 e. The molecule has 1 aromatic rings. The molecule has 2 amide bonds. The van der Waals surface area contributed by atoms with Crippen molar-refractivity contribution >= 4 is 28.3 Å². The number of nitrogens with zero attached hydrogens (tertiary/aromatic N) is 5. The van der Waals surface area contributed by atoms with Gasteiger partial charge in [-0.25, -0.2) is 0 Å². The molecule has 2 saturated heterocycles. The van der Waals surface area contributed by atoms with Crippen molar-refractivity contribution < 1.29 is 22.8 Å². The quantitative estimate of drug-likeness (QED) is 0.704. The molecule has 3 heterocycles. The Morgan fingerprint density at radius 1 is 1.04 bits per heavy atom. The summed E-state index contributed by atoms with van der Waals surface area (Å²) in [4.78, 5) is 29.7. The molecule has 2 aliphatic heterocycles. The van der Waals surface area contributed by atoms with Gasteiger partial charge in [-0.15, -0.1) is 10.2 Å². The fraction of sp³-hybridized carbons (Fsp3) is 0.647. The Labute approximate surface area is 164 Å². The second-order valence-corrected chi connectivity index (χ2v) is 7.81. The zero-order valence-corrected chi connectivity index (χ0v) is 16.1. The molecule has 0 aliphatic carbocycles. The number of likely N-dealkylation sites (tertiary alicyclic amines) is 1. The summed E-state index contributed by atoms with van der Waals surface area (Å²) in [6.07, 6.45) is -1.33. The Balaban J connectivity index is 1.55. The molecule has 3 rings (SSSR count). The van der Waals surface area contributed by atoms with Crippen LogP contribution in [0, 0.1) is 5.92 Å². The van der Waals surface area contributed by atoms with E-state index in [1.54, 1.807) is 14.7 Å². The summed E-state index contributed by atoms with van der Waals surface area (Å²) >= 11 is 0.528. The molecule has 2 fully saturated rings. The summed E-state index contributed by atoms with van der Waals surface area (Å²) in [5.41, 5.74) is 0. The van der Waals surface area contributed by atoms with Gasteiger partial charge in [0, 0.05) is 45.2 Å². The van der Waals surface area contributed by atoms with Gasteiger partial charge in [-0.05, 0) is 25.3 Å². The van der Waals surface area contributed by atoms with E-state index in [-0.39, 0.29) is 22.9 Å². The lowest BCUT2D eigenvalue weighted by Gasteiger charge is -2.33. The molecule has 0 saturated carbocycles. The van der Waals surface area contributed by atoms with Crippen LogP contribution in [0.1, 0.15) is 24.3 Å². The fourth-order valence-corrected chi connectivity index (χ4v) is 4.28. The first-order chi connectivity index (χ1) is 13.3. The van der Waals surface area contributed by atoms with Gasteiger partial charge in [0.15, 0.2) is 0 Å². The van der Waals surface area contributed by atoms with Crippen LogP contribution in [0.4, 0.5) is 18.3 Å². The number of carbonyl (C=O) groups excluding carboxylic acids is 2. The average molecular weight is 417 g/mol. The molecule has 11 heteroatoms. The normalized spacial score (nSPS) is 19.5. The molecular formula is C17H22F3N5O2S. The third-order valence-electron chi connectivity index (χ3n) is 5.07. The number of hydrogen-bond donors (Lipinski definition) is 0. The Morgan fingerprint density at radius 2 is 1.75 bits per heavy atom. The first-order valence-electron chi connectivity index (χ1n) is 9.15. The number of amides is 2. The second kappa shape index (κ2) is 8.46. The van der Waals surface area contributed by atoms with Gasteiger partial charge >= 0.3 is 6.18 Å². The van der Waals surface area contributed by atoms with Gasteiger partial charge in [0.05, 0.1) is 0 Å². The van der Waals surface area contributed by atoms with Gasteiger partial charge in [-0.1, -0.05) is 17.9 Å². The van der Waals surface area contributed by atoms with Crippen molar-refractivity contribution in [1.29, 1.82) is 0 Å². The molecule has 0 atom stereocenters. The highest BCUT2D eigenvalue weighted by molar-refractivity contribution is 7.15. The summed E-state index contributed by atoms with van der Waals surface area (Å²) < 4.78 is 38.2. The average Bonchev–Trinajstić information content (AvgIpc) is 3.06. The molecule has 28 heavy (non-hydrogen) atoms. The number of rotatable bonds is 3. The molecule has 0 aromatic carbocycles. The van der Waals surface area contributed by atoms with E-state index in [0.717, 1.165) is 0 Å². The number of alkyl halides is 3. The maximum atomic E-state index is 12.8. The molecule has 0 radical (unpaired) electrons. The number of carbonyl (C=O) groups is 2. The number of piperidine rings is 1. The van der Waals surface area contributed by atoms with Gasteiger partial charge in [0.25, 0.3) is 0 Å². The number of hydrogen-bond acceptors (Lipinski definition) is 6. The standard InChI is InChI=1S/C17H22F3N5O2S/c1-2-13(26)23-8-4-12(5-9-23)14(27)24-6-3-7-25(11-10-24)16-22-21-15(28-16)17(18,19)20/h2,12H,1,3-11H2. The maximum absolute atomic E-state index is 12.8. The van der Waals surface area contributed by atoms with E-state index in [2.05, 4.69) is 16.8 Å². The summed E-state index contributed by atoms with van der Waals surface area (Å²) in [5.74, 6) is -0.189. The van der Waals surface area contributed by atoms with Gasteiger partial charge in [0.1, 0.15) is 0 Å². The van der Waals surface area contributed by atoms with Crippen molar-refractivity contribution in [2.45, 2.75) is 25.4 Å². The smallest absolute Gasteiger partial charge is 0.345 e. The highest BCUT2D eigenvalue weighted by Crippen LogP contribution is 2.34. The molecule has 0 spiro atoms. The number of anilines is 1. The van der Waals surface area contributed by atoms with Crippen LogP contribution in [0.3, 0.4) is 0 Å². The third-order valence-corrected chi connectivity index (χ3v) is 6.09. The van der Waals surface area contributed by atoms with Crippen LogP contribution < -0.4 is 4.90 Å². The topological polar surface area (TPSA) is 69.6 Å². The Bertz CT molecular complexity index is 731. The van der Waals surface area contributed by atoms with Crippen molar-refractivity contribution in [1.82, 2.24) is 20.0 Å². The minimum atomic E-state index is -4.49. The van der Waals surface area contributed by atoms with Crippen LogP contribution in [-0.4, -0.2) is 71.1 Å². The first kappa shape index (κ1) is 20.6. The molecule has 0 bridgehead atoms. The van der Waals surface area contributed by atoms with Crippen molar-refractivity contribution in [3.63, 3.8) is 0 Å². The molecule has 154 valence electrons. The molecule has 0 N–H and O–H groups in total. The summed E-state index contributed by atoms with van der Waals surface area (Å²) in [5, 5.41) is 6.17. The van der Waals surface area contributed by atoms with E-state index in [1.807, 2.05) is 0 Å². The Kier molecular flexibility index (Phi) is 6.21. The lowest BCUT2D eigenvalue weighted by molar-refractivity contribution is -0.139. The van der Waals surface area contributed by atoms with Crippen LogP contribution in [0.25, 0.3) is 0 Å². The van der Waals surface area contributed by atoms with Crippen molar-refractivity contribution in [2.24, 2.45) is 5.92 Å². The van der Waals surface area contributed by atoms with E-state index in [4.69, 9.17) is 0 Å². The van der Waals surface area contributed by atoms with Gasteiger partial charge in [-0.2, -0.15) is 13.2 Å². The zero-order chi connectivity index (χ0) is 20.3. The molecule has 0 unspecified atom stereocenters. The SMILES string of the molecule is C=CC(=O)N1CCC(C(=O)N2CCCN(c3nnc(C(F)(F)F)s3)CC2)CC1. The van der Waals surface area contributed by atoms with Crippen molar-refractivity contribution in [3.8, 4) is 0 Å². The molecule has 7 nitrogen and oxygen atoms in total. The van der Waals surface area contributed by atoms with E-state index in [9.17, 15) is 22.8 Å². The van der Waals surface area contributed by atoms with Crippen LogP contribution >= 0.6 is 11.3 Å². The second-order valence-electron chi connectivity index (χ2n) is 6.86. The van der Waals surface area contributed by atoms with Crippen LogP contribution in [0.5, 0.6) is 0 Å². The minimum Gasteiger partial charge on any atom is -0.345 e. The predicted molar refractivity (Wildman–Crippen MR) is 97.8 cm³/mol. The maximum Gasteiger partial charge on any atom is 0.445 e. The van der Waals surface area contributed by atoms with Gasteiger partial charge in [-0.3, -0.25) is 9.59 Å². The third kappa shape index (κ3) is 4.62. The fourth-order valence-electron chi connectivity index (χ4n) is 3.52. The van der Waals surface area contributed by atoms with Crippen LogP contribution in [0.15, 0.2) is 12.7 Å². The molecular weight excluding hydrogens is 395 g/mol. The van der Waals surface area contributed by atoms with E-state index in [0.29, 0.717) is 69.9 Å². The van der Waals surface area contributed by atoms with E-state index >= 15 is 0 Å². The highest BCUT2D eigenvalue weighted by atomic mass is 32.1. The highest BCUT2D eigenvalue weighted by Gasteiger charge is 2.36.